The summed E-state index contributed by atoms with van der Waals surface area (Å²) in [4.78, 5) is 14.4. The molecule has 4 nitrogen and oxygen atoms in total. The van der Waals surface area contributed by atoms with E-state index in [1.165, 1.54) is 6.42 Å². The molecule has 1 saturated carbocycles. The first-order valence-electron chi connectivity index (χ1n) is 7.10. The predicted octanol–water partition coefficient (Wildman–Crippen LogP) is 1.53. The van der Waals surface area contributed by atoms with Crippen LogP contribution in [0.2, 0.25) is 0 Å². The second-order valence-corrected chi connectivity index (χ2v) is 5.95. The molecule has 4 heteroatoms. The van der Waals surface area contributed by atoms with Gasteiger partial charge in [-0.05, 0) is 40.0 Å². The summed E-state index contributed by atoms with van der Waals surface area (Å²) in [6, 6.07) is 0.316. The minimum atomic E-state index is -0.159. The Morgan fingerprint density at radius 1 is 1.50 bits per heavy atom. The maximum atomic E-state index is 12.2. The molecule has 1 rings (SSSR count). The molecule has 1 amide bonds. The van der Waals surface area contributed by atoms with Crippen LogP contribution in [0.3, 0.4) is 0 Å². The number of nitrogens with one attached hydrogen (secondary N) is 1. The molecular weight excluding hydrogens is 228 g/mol. The maximum absolute atomic E-state index is 12.2. The van der Waals surface area contributed by atoms with Gasteiger partial charge in [0.2, 0.25) is 5.91 Å². The topological polar surface area (TPSA) is 52.6 Å². The third kappa shape index (κ3) is 3.95. The van der Waals surface area contributed by atoms with Crippen molar-refractivity contribution in [2.45, 2.75) is 71.0 Å². The maximum Gasteiger partial charge on any atom is 0.237 e. The molecule has 0 aromatic carbocycles. The molecule has 0 bridgehead atoms. The third-order valence-electron chi connectivity index (χ3n) is 4.12. The van der Waals surface area contributed by atoms with Crippen molar-refractivity contribution in [1.29, 1.82) is 0 Å². The van der Waals surface area contributed by atoms with Gasteiger partial charge in [0, 0.05) is 18.1 Å². The van der Waals surface area contributed by atoms with E-state index in [0.29, 0.717) is 12.6 Å². The number of hydrogen-bond acceptors (Lipinski definition) is 3. The molecule has 0 spiro atoms. The minimum absolute atomic E-state index is 0.0715. The van der Waals surface area contributed by atoms with Crippen molar-refractivity contribution in [2.24, 2.45) is 0 Å². The molecule has 1 aliphatic carbocycles. The summed E-state index contributed by atoms with van der Waals surface area (Å²) < 4.78 is 0. The zero-order chi connectivity index (χ0) is 13.8. The van der Waals surface area contributed by atoms with E-state index >= 15 is 0 Å². The molecular formula is C14H28N2O2. The third-order valence-corrected chi connectivity index (χ3v) is 4.12. The normalized spacial score (nSPS) is 18.6. The van der Waals surface area contributed by atoms with E-state index in [4.69, 9.17) is 5.11 Å². The average molecular weight is 256 g/mol. The number of carbonyl (C=O) groups excluding carboxylic acids is 1. The number of aliphatic hydroxyl groups excluding tert-OH is 1. The van der Waals surface area contributed by atoms with Crippen LogP contribution in [0.25, 0.3) is 0 Å². The monoisotopic (exact) mass is 256 g/mol. The minimum Gasteiger partial charge on any atom is -0.395 e. The lowest BCUT2D eigenvalue weighted by Gasteiger charge is -2.41. The molecule has 1 unspecified atom stereocenters. The number of hydrogen-bond donors (Lipinski definition) is 2. The molecule has 0 heterocycles. The van der Waals surface area contributed by atoms with Crippen LogP contribution in [0.1, 0.15) is 53.4 Å². The Labute approximate surface area is 111 Å². The lowest BCUT2D eigenvalue weighted by molar-refractivity contribution is -0.129. The molecule has 0 saturated heterocycles. The number of rotatable bonds is 7. The van der Waals surface area contributed by atoms with Gasteiger partial charge in [-0.15, -0.1) is 0 Å². The molecule has 2 N–H and O–H groups in total. The Balaban J connectivity index is 2.58. The van der Waals surface area contributed by atoms with Gasteiger partial charge in [0.05, 0.1) is 12.6 Å². The highest BCUT2D eigenvalue weighted by molar-refractivity contribution is 5.82. The summed E-state index contributed by atoms with van der Waals surface area (Å²) in [7, 11) is 0. The van der Waals surface area contributed by atoms with Gasteiger partial charge in [-0.25, -0.2) is 0 Å². The van der Waals surface area contributed by atoms with Crippen LogP contribution in [-0.2, 0) is 4.79 Å². The zero-order valence-corrected chi connectivity index (χ0v) is 12.2. The molecule has 106 valence electrons. The SMILES string of the molecule is CCC(C)(C)NC(=O)C(C)N(CCO)C1CCC1. The van der Waals surface area contributed by atoms with E-state index in [-0.39, 0.29) is 24.1 Å². The number of aliphatic hydroxyl groups is 1. The van der Waals surface area contributed by atoms with Crippen LogP contribution < -0.4 is 5.32 Å². The van der Waals surface area contributed by atoms with Crippen molar-refractivity contribution in [1.82, 2.24) is 10.2 Å². The second-order valence-electron chi connectivity index (χ2n) is 5.95. The summed E-state index contributed by atoms with van der Waals surface area (Å²) >= 11 is 0. The van der Waals surface area contributed by atoms with Gasteiger partial charge in [-0.3, -0.25) is 9.69 Å². The van der Waals surface area contributed by atoms with Gasteiger partial charge in [0.15, 0.2) is 0 Å². The fraction of sp³-hybridized carbons (Fsp3) is 0.929. The predicted molar refractivity (Wildman–Crippen MR) is 73.4 cm³/mol. The molecule has 0 aromatic heterocycles. The van der Waals surface area contributed by atoms with E-state index in [0.717, 1.165) is 19.3 Å². The van der Waals surface area contributed by atoms with Gasteiger partial charge in [0.1, 0.15) is 0 Å². The molecule has 1 aliphatic rings. The lowest BCUT2D eigenvalue weighted by atomic mass is 9.90. The van der Waals surface area contributed by atoms with E-state index in [9.17, 15) is 4.79 Å². The van der Waals surface area contributed by atoms with Gasteiger partial charge >= 0.3 is 0 Å². The summed E-state index contributed by atoms with van der Waals surface area (Å²) in [6.07, 6.45) is 4.44. The highest BCUT2D eigenvalue weighted by Gasteiger charge is 2.32. The van der Waals surface area contributed by atoms with Crippen molar-refractivity contribution in [3.63, 3.8) is 0 Å². The number of carbonyl (C=O) groups is 1. The molecule has 0 radical (unpaired) electrons. The Hall–Kier alpha value is -0.610. The van der Waals surface area contributed by atoms with E-state index in [1.54, 1.807) is 0 Å². The van der Waals surface area contributed by atoms with Crippen LogP contribution in [0.5, 0.6) is 0 Å². The van der Waals surface area contributed by atoms with E-state index < -0.39 is 0 Å². The first kappa shape index (κ1) is 15.4. The zero-order valence-electron chi connectivity index (χ0n) is 12.2. The van der Waals surface area contributed by atoms with Crippen LogP contribution in [0.15, 0.2) is 0 Å². The van der Waals surface area contributed by atoms with Crippen molar-refractivity contribution >= 4 is 5.91 Å². The highest BCUT2D eigenvalue weighted by atomic mass is 16.3. The van der Waals surface area contributed by atoms with Gasteiger partial charge in [-0.2, -0.15) is 0 Å². The largest absolute Gasteiger partial charge is 0.395 e. The molecule has 18 heavy (non-hydrogen) atoms. The molecule has 1 fully saturated rings. The Bertz CT molecular complexity index is 275. The lowest BCUT2D eigenvalue weighted by Crippen LogP contribution is -2.56. The Morgan fingerprint density at radius 3 is 2.50 bits per heavy atom. The smallest absolute Gasteiger partial charge is 0.237 e. The fourth-order valence-electron chi connectivity index (χ4n) is 2.20. The second kappa shape index (κ2) is 6.53. The number of amides is 1. The van der Waals surface area contributed by atoms with Crippen LogP contribution in [0, 0.1) is 0 Å². The molecule has 0 aromatic rings. The van der Waals surface area contributed by atoms with Crippen molar-refractivity contribution in [3.8, 4) is 0 Å². The average Bonchev–Trinajstić information content (AvgIpc) is 2.24. The van der Waals surface area contributed by atoms with Crippen molar-refractivity contribution in [2.75, 3.05) is 13.2 Å². The van der Waals surface area contributed by atoms with Gasteiger partial charge in [-0.1, -0.05) is 13.3 Å². The summed E-state index contributed by atoms with van der Waals surface area (Å²) in [5.74, 6) is 0.0715. The van der Waals surface area contributed by atoms with E-state index in [1.807, 2.05) is 20.8 Å². The van der Waals surface area contributed by atoms with Crippen LogP contribution in [0.4, 0.5) is 0 Å². The van der Waals surface area contributed by atoms with Crippen LogP contribution in [-0.4, -0.2) is 46.7 Å². The van der Waals surface area contributed by atoms with Crippen molar-refractivity contribution in [3.05, 3.63) is 0 Å². The van der Waals surface area contributed by atoms with Crippen molar-refractivity contribution < 1.29 is 9.90 Å². The summed E-state index contributed by atoms with van der Waals surface area (Å²) in [6.45, 7) is 8.79. The first-order chi connectivity index (χ1) is 8.41. The summed E-state index contributed by atoms with van der Waals surface area (Å²) in [5.41, 5.74) is -0.157. The van der Waals surface area contributed by atoms with E-state index in [2.05, 4.69) is 17.1 Å². The highest BCUT2D eigenvalue weighted by Crippen LogP contribution is 2.26. The Kier molecular flexibility index (Phi) is 5.60. The fourth-order valence-corrected chi connectivity index (χ4v) is 2.20. The standard InChI is InChI=1S/C14H28N2O2/c1-5-14(3,4)15-13(18)11(2)16(9-10-17)12-7-6-8-12/h11-12,17H,5-10H2,1-4H3,(H,15,18). The number of nitrogens with zero attached hydrogens (tertiary/aromatic N) is 1. The molecule has 0 aliphatic heterocycles. The van der Waals surface area contributed by atoms with Crippen LogP contribution >= 0.6 is 0 Å². The Morgan fingerprint density at radius 2 is 2.11 bits per heavy atom. The quantitative estimate of drug-likeness (QED) is 0.726. The van der Waals surface area contributed by atoms with Gasteiger partial charge in [0.25, 0.3) is 0 Å². The first-order valence-corrected chi connectivity index (χ1v) is 7.10. The summed E-state index contributed by atoms with van der Waals surface area (Å²) in [5, 5.41) is 12.2. The van der Waals surface area contributed by atoms with Gasteiger partial charge < -0.3 is 10.4 Å². The molecule has 1 atom stereocenters.